The first kappa shape index (κ1) is 16.0. The van der Waals surface area contributed by atoms with Gasteiger partial charge >= 0.3 is 0 Å². The number of aromatic nitrogens is 1. The first-order valence-electron chi connectivity index (χ1n) is 7.81. The maximum Gasteiger partial charge on any atom is 0.212 e. The molecule has 0 spiro atoms. The van der Waals surface area contributed by atoms with Crippen LogP contribution >= 0.6 is 0 Å². The van der Waals surface area contributed by atoms with Crippen molar-refractivity contribution in [3.8, 4) is 5.88 Å². The Kier molecular flexibility index (Phi) is 8.28. The van der Waals surface area contributed by atoms with Crippen molar-refractivity contribution in [3.05, 3.63) is 23.9 Å². The Balaban J connectivity index is 2.55. The minimum atomic E-state index is 0.676. The van der Waals surface area contributed by atoms with Crippen molar-refractivity contribution < 1.29 is 4.74 Å². The summed E-state index contributed by atoms with van der Waals surface area (Å²) in [6.07, 6.45) is 12.5. The molecule has 0 aliphatic heterocycles. The van der Waals surface area contributed by atoms with Crippen LogP contribution in [0.1, 0.15) is 76.7 Å². The van der Waals surface area contributed by atoms with Crippen LogP contribution in [0.4, 0.5) is 0 Å². The van der Waals surface area contributed by atoms with E-state index in [0.717, 1.165) is 0 Å². The summed E-state index contributed by atoms with van der Waals surface area (Å²) in [5.41, 5.74) is 1.38. The normalized spacial score (nSPS) is 12.4. The van der Waals surface area contributed by atoms with E-state index < -0.39 is 0 Å². The van der Waals surface area contributed by atoms with Crippen LogP contribution in [0.3, 0.4) is 0 Å². The smallest absolute Gasteiger partial charge is 0.212 e. The highest BCUT2D eigenvalue weighted by molar-refractivity contribution is 5.21. The fourth-order valence-corrected chi connectivity index (χ4v) is 2.50. The van der Waals surface area contributed by atoms with Crippen molar-refractivity contribution in [3.63, 3.8) is 0 Å². The molecular formula is C17H29NO. The number of ether oxygens (including phenoxy) is 1. The van der Waals surface area contributed by atoms with E-state index in [1.54, 1.807) is 7.11 Å². The Morgan fingerprint density at radius 1 is 1.00 bits per heavy atom. The maximum atomic E-state index is 5.13. The average Bonchev–Trinajstić information content (AvgIpc) is 2.47. The molecule has 0 amide bonds. The van der Waals surface area contributed by atoms with E-state index in [4.69, 9.17) is 4.74 Å². The number of hydrogen-bond acceptors (Lipinski definition) is 2. The molecule has 1 rings (SSSR count). The van der Waals surface area contributed by atoms with Gasteiger partial charge in [0, 0.05) is 12.3 Å². The molecule has 19 heavy (non-hydrogen) atoms. The molecule has 0 radical (unpaired) electrons. The third kappa shape index (κ3) is 6.09. The second-order valence-corrected chi connectivity index (χ2v) is 5.32. The standard InChI is InChI=1S/C17H29NO/c1-4-6-8-9-11-15(10-7-5-2)16-12-13-17(19-3)18-14-16/h12-15H,4-11H2,1-3H3. The molecule has 1 heterocycles. The van der Waals surface area contributed by atoms with Crippen LogP contribution in [0.15, 0.2) is 18.3 Å². The molecule has 1 unspecified atom stereocenters. The SMILES string of the molecule is CCCCCCC(CCCC)c1ccc(OC)nc1. The van der Waals surface area contributed by atoms with Gasteiger partial charge in [0.1, 0.15) is 0 Å². The Labute approximate surface area is 118 Å². The van der Waals surface area contributed by atoms with E-state index >= 15 is 0 Å². The quantitative estimate of drug-likeness (QED) is 0.532. The molecule has 2 heteroatoms. The number of methoxy groups -OCH3 is 1. The van der Waals surface area contributed by atoms with E-state index in [0.29, 0.717) is 11.8 Å². The van der Waals surface area contributed by atoms with Gasteiger partial charge in [-0.3, -0.25) is 0 Å². The second-order valence-electron chi connectivity index (χ2n) is 5.32. The van der Waals surface area contributed by atoms with Gasteiger partial charge in [0.05, 0.1) is 7.11 Å². The molecular weight excluding hydrogens is 234 g/mol. The first-order valence-corrected chi connectivity index (χ1v) is 7.81. The highest BCUT2D eigenvalue weighted by Crippen LogP contribution is 2.28. The predicted octanol–water partition coefficient (Wildman–Crippen LogP) is 5.33. The van der Waals surface area contributed by atoms with Crippen LogP contribution in [0.5, 0.6) is 5.88 Å². The van der Waals surface area contributed by atoms with Gasteiger partial charge in [0.15, 0.2) is 0 Å². The van der Waals surface area contributed by atoms with Gasteiger partial charge in [-0.25, -0.2) is 4.98 Å². The van der Waals surface area contributed by atoms with Crippen LogP contribution in [-0.4, -0.2) is 12.1 Å². The molecule has 108 valence electrons. The average molecular weight is 263 g/mol. The fourth-order valence-electron chi connectivity index (χ4n) is 2.50. The minimum Gasteiger partial charge on any atom is -0.481 e. The third-order valence-electron chi connectivity index (χ3n) is 3.75. The zero-order valence-corrected chi connectivity index (χ0v) is 12.8. The first-order chi connectivity index (χ1) is 9.31. The molecule has 1 aromatic heterocycles. The fraction of sp³-hybridized carbons (Fsp3) is 0.706. The van der Waals surface area contributed by atoms with E-state index in [1.165, 1.54) is 56.9 Å². The van der Waals surface area contributed by atoms with Gasteiger partial charge in [-0.1, -0.05) is 58.4 Å². The number of unbranched alkanes of at least 4 members (excludes halogenated alkanes) is 4. The van der Waals surface area contributed by atoms with Gasteiger partial charge in [-0.15, -0.1) is 0 Å². The van der Waals surface area contributed by atoms with Crippen LogP contribution in [0, 0.1) is 0 Å². The zero-order valence-electron chi connectivity index (χ0n) is 12.8. The Morgan fingerprint density at radius 3 is 2.32 bits per heavy atom. The molecule has 0 fully saturated rings. The van der Waals surface area contributed by atoms with E-state index in [-0.39, 0.29) is 0 Å². The Morgan fingerprint density at radius 2 is 1.74 bits per heavy atom. The summed E-state index contributed by atoms with van der Waals surface area (Å²) in [5, 5.41) is 0. The molecule has 0 bridgehead atoms. The molecule has 0 aromatic carbocycles. The molecule has 0 saturated carbocycles. The number of nitrogens with zero attached hydrogens (tertiary/aromatic N) is 1. The lowest BCUT2D eigenvalue weighted by Crippen LogP contribution is -2.01. The number of hydrogen-bond donors (Lipinski definition) is 0. The van der Waals surface area contributed by atoms with Crippen molar-refractivity contribution in [2.75, 3.05) is 7.11 Å². The highest BCUT2D eigenvalue weighted by atomic mass is 16.5. The summed E-state index contributed by atoms with van der Waals surface area (Å²) in [4.78, 5) is 4.35. The van der Waals surface area contributed by atoms with Crippen LogP contribution in [-0.2, 0) is 0 Å². The van der Waals surface area contributed by atoms with E-state index in [1.807, 2.05) is 12.3 Å². The van der Waals surface area contributed by atoms with Crippen molar-refractivity contribution in [1.29, 1.82) is 0 Å². The molecule has 0 aliphatic rings. The van der Waals surface area contributed by atoms with Gasteiger partial charge in [0.2, 0.25) is 5.88 Å². The third-order valence-corrected chi connectivity index (χ3v) is 3.75. The van der Waals surface area contributed by atoms with Gasteiger partial charge in [0.25, 0.3) is 0 Å². The lowest BCUT2D eigenvalue weighted by molar-refractivity contribution is 0.397. The van der Waals surface area contributed by atoms with Crippen molar-refractivity contribution in [2.45, 2.75) is 71.1 Å². The van der Waals surface area contributed by atoms with E-state index in [2.05, 4.69) is 24.9 Å². The summed E-state index contributed by atoms with van der Waals surface area (Å²) in [6, 6.07) is 4.17. The molecule has 0 saturated heterocycles. The predicted molar refractivity (Wildman–Crippen MR) is 81.8 cm³/mol. The molecule has 0 N–H and O–H groups in total. The molecule has 1 aromatic rings. The van der Waals surface area contributed by atoms with Crippen LogP contribution in [0.2, 0.25) is 0 Å². The molecule has 0 aliphatic carbocycles. The Hall–Kier alpha value is -1.05. The second kappa shape index (κ2) is 9.82. The maximum absolute atomic E-state index is 5.13. The van der Waals surface area contributed by atoms with Crippen molar-refractivity contribution in [1.82, 2.24) is 4.98 Å². The summed E-state index contributed by atoms with van der Waals surface area (Å²) in [6.45, 7) is 4.53. The molecule has 1 atom stereocenters. The van der Waals surface area contributed by atoms with Gasteiger partial charge < -0.3 is 4.74 Å². The monoisotopic (exact) mass is 263 g/mol. The van der Waals surface area contributed by atoms with E-state index in [9.17, 15) is 0 Å². The molecule has 2 nitrogen and oxygen atoms in total. The topological polar surface area (TPSA) is 22.1 Å². The Bertz CT molecular complexity index is 321. The van der Waals surface area contributed by atoms with Gasteiger partial charge in [-0.2, -0.15) is 0 Å². The summed E-state index contributed by atoms with van der Waals surface area (Å²) in [7, 11) is 1.67. The largest absolute Gasteiger partial charge is 0.481 e. The van der Waals surface area contributed by atoms with Crippen LogP contribution < -0.4 is 4.74 Å². The summed E-state index contributed by atoms with van der Waals surface area (Å²) in [5.74, 6) is 1.39. The lowest BCUT2D eigenvalue weighted by Gasteiger charge is -2.17. The van der Waals surface area contributed by atoms with Crippen molar-refractivity contribution >= 4 is 0 Å². The lowest BCUT2D eigenvalue weighted by atomic mass is 9.89. The minimum absolute atomic E-state index is 0.676. The number of rotatable bonds is 10. The zero-order chi connectivity index (χ0) is 13.9. The highest BCUT2D eigenvalue weighted by Gasteiger charge is 2.11. The number of pyridine rings is 1. The van der Waals surface area contributed by atoms with Crippen molar-refractivity contribution in [2.24, 2.45) is 0 Å². The van der Waals surface area contributed by atoms with Crippen LogP contribution in [0.25, 0.3) is 0 Å². The van der Waals surface area contributed by atoms with Gasteiger partial charge in [-0.05, 0) is 24.3 Å². The summed E-state index contributed by atoms with van der Waals surface area (Å²) >= 11 is 0. The summed E-state index contributed by atoms with van der Waals surface area (Å²) < 4.78 is 5.13.